The van der Waals surface area contributed by atoms with Gasteiger partial charge in [-0.05, 0) is 76.4 Å². The molecule has 0 aliphatic rings. The molecule has 0 atom stereocenters. The topological polar surface area (TPSA) is 116 Å². The Labute approximate surface area is 288 Å². The van der Waals surface area contributed by atoms with E-state index in [1.54, 1.807) is 41.8 Å². The van der Waals surface area contributed by atoms with E-state index in [1.165, 1.54) is 48.1 Å². The predicted molar refractivity (Wildman–Crippen MR) is 184 cm³/mol. The van der Waals surface area contributed by atoms with Crippen molar-refractivity contribution in [3.8, 4) is 17.0 Å². The SMILES string of the molecule is O=S(=O)(CCOCCCc1nc(-c2cc3c(Nc4ccc(OCc5cccc(F)c5)c(Br)c4)ncnc3cc2F)cs1)c1ccccn1. The third-order valence-electron chi connectivity index (χ3n) is 7.16. The Morgan fingerprint density at radius 2 is 1.83 bits per heavy atom. The Morgan fingerprint density at radius 1 is 0.938 bits per heavy atom. The molecule has 14 heteroatoms. The second-order valence-corrected chi connectivity index (χ2v) is 14.4. The van der Waals surface area contributed by atoms with Gasteiger partial charge in [0.25, 0.3) is 0 Å². The van der Waals surface area contributed by atoms with Gasteiger partial charge in [0.1, 0.15) is 36.1 Å². The molecule has 0 amide bonds. The van der Waals surface area contributed by atoms with E-state index in [0.29, 0.717) is 68.9 Å². The van der Waals surface area contributed by atoms with Gasteiger partial charge < -0.3 is 14.8 Å². The van der Waals surface area contributed by atoms with Gasteiger partial charge in [-0.25, -0.2) is 37.1 Å². The van der Waals surface area contributed by atoms with Crippen LogP contribution < -0.4 is 10.1 Å². The first kappa shape index (κ1) is 33.5. The molecule has 0 aliphatic carbocycles. The van der Waals surface area contributed by atoms with Crippen LogP contribution in [0.4, 0.5) is 20.3 Å². The number of aryl methyl sites for hydroxylation is 1. The fourth-order valence-electron chi connectivity index (χ4n) is 4.77. The highest BCUT2D eigenvalue weighted by molar-refractivity contribution is 9.10. The summed E-state index contributed by atoms with van der Waals surface area (Å²) < 4.78 is 65.5. The average molecular weight is 753 g/mol. The van der Waals surface area contributed by atoms with Crippen LogP contribution in [0.25, 0.3) is 22.2 Å². The number of fused-ring (bicyclic) bond motifs is 1. The number of rotatable bonds is 14. The number of thiazole rings is 1. The highest BCUT2D eigenvalue weighted by Crippen LogP contribution is 2.34. The molecule has 6 aromatic rings. The van der Waals surface area contributed by atoms with Crippen molar-refractivity contribution in [2.45, 2.75) is 24.5 Å². The molecule has 48 heavy (non-hydrogen) atoms. The molecule has 0 saturated heterocycles. The number of sulfone groups is 1. The lowest BCUT2D eigenvalue weighted by atomic mass is 10.1. The van der Waals surface area contributed by atoms with Crippen LogP contribution in [0.2, 0.25) is 0 Å². The smallest absolute Gasteiger partial charge is 0.197 e. The lowest BCUT2D eigenvalue weighted by molar-refractivity contribution is 0.146. The zero-order chi connectivity index (χ0) is 33.5. The lowest BCUT2D eigenvalue weighted by Crippen LogP contribution is -2.14. The Balaban J connectivity index is 1.08. The number of hydrogen-bond acceptors (Lipinski definition) is 10. The monoisotopic (exact) mass is 751 g/mol. The highest BCUT2D eigenvalue weighted by Gasteiger charge is 2.17. The summed E-state index contributed by atoms with van der Waals surface area (Å²) in [5.74, 6) is 0.143. The van der Waals surface area contributed by atoms with Crippen molar-refractivity contribution >= 4 is 59.5 Å². The van der Waals surface area contributed by atoms with Crippen molar-refractivity contribution in [1.29, 1.82) is 0 Å². The van der Waals surface area contributed by atoms with E-state index >= 15 is 4.39 Å². The van der Waals surface area contributed by atoms with E-state index in [2.05, 4.69) is 41.2 Å². The van der Waals surface area contributed by atoms with Crippen LogP contribution in [0.3, 0.4) is 0 Å². The molecule has 0 spiro atoms. The van der Waals surface area contributed by atoms with Crippen molar-refractivity contribution in [3.05, 3.63) is 117 Å². The molecule has 1 N–H and O–H groups in total. The molecule has 3 heterocycles. The molecule has 0 aliphatic heterocycles. The number of aromatic nitrogens is 4. The first-order valence-electron chi connectivity index (χ1n) is 14.8. The van der Waals surface area contributed by atoms with Gasteiger partial charge in [0.05, 0.1) is 33.1 Å². The molecule has 0 unspecified atom stereocenters. The van der Waals surface area contributed by atoms with Gasteiger partial charge in [0.15, 0.2) is 14.9 Å². The molecule has 0 fully saturated rings. The van der Waals surface area contributed by atoms with Gasteiger partial charge in [-0.15, -0.1) is 11.3 Å². The van der Waals surface area contributed by atoms with Crippen LogP contribution >= 0.6 is 27.3 Å². The molecule has 6 rings (SSSR count). The molecule has 9 nitrogen and oxygen atoms in total. The molecule has 3 aromatic heterocycles. The van der Waals surface area contributed by atoms with E-state index in [-0.39, 0.29) is 29.8 Å². The first-order chi connectivity index (χ1) is 23.2. The van der Waals surface area contributed by atoms with Gasteiger partial charge in [0.2, 0.25) is 0 Å². The number of hydrogen-bond donors (Lipinski definition) is 1. The quantitative estimate of drug-likeness (QED) is 0.111. The van der Waals surface area contributed by atoms with Gasteiger partial charge in [-0.2, -0.15) is 0 Å². The molecule has 0 saturated carbocycles. The minimum atomic E-state index is -3.50. The van der Waals surface area contributed by atoms with E-state index in [9.17, 15) is 12.8 Å². The summed E-state index contributed by atoms with van der Waals surface area (Å²) in [7, 11) is -3.50. The Hall–Kier alpha value is -4.37. The largest absolute Gasteiger partial charge is 0.488 e. The van der Waals surface area contributed by atoms with Crippen LogP contribution in [-0.2, 0) is 27.6 Å². The fraction of sp³-hybridized carbons (Fsp3) is 0.176. The van der Waals surface area contributed by atoms with Gasteiger partial charge in [-0.3, -0.25) is 0 Å². The van der Waals surface area contributed by atoms with E-state index in [0.717, 1.165) is 5.01 Å². The number of benzene rings is 3. The zero-order valence-corrected chi connectivity index (χ0v) is 28.5. The first-order valence-corrected chi connectivity index (χ1v) is 18.1. The second kappa shape index (κ2) is 15.2. The van der Waals surface area contributed by atoms with Crippen molar-refractivity contribution in [1.82, 2.24) is 19.9 Å². The normalized spacial score (nSPS) is 11.6. The van der Waals surface area contributed by atoms with Crippen molar-refractivity contribution in [2.75, 3.05) is 24.3 Å². The molecule has 3 aromatic carbocycles. The summed E-state index contributed by atoms with van der Waals surface area (Å²) in [6.45, 7) is 0.633. The van der Waals surface area contributed by atoms with Crippen LogP contribution in [0.1, 0.15) is 17.0 Å². The van der Waals surface area contributed by atoms with Gasteiger partial charge in [-0.1, -0.05) is 18.2 Å². The Kier molecular flexibility index (Phi) is 10.6. The Morgan fingerprint density at radius 3 is 2.65 bits per heavy atom. The number of nitrogens with one attached hydrogen (secondary N) is 1. The number of anilines is 2. The van der Waals surface area contributed by atoms with Crippen LogP contribution in [-0.4, -0.2) is 47.3 Å². The van der Waals surface area contributed by atoms with E-state index in [4.69, 9.17) is 9.47 Å². The Bertz CT molecular complexity index is 2150. The molecular weight excluding hydrogens is 724 g/mol. The molecule has 246 valence electrons. The van der Waals surface area contributed by atoms with E-state index < -0.39 is 15.7 Å². The highest BCUT2D eigenvalue weighted by atomic mass is 79.9. The number of halogens is 3. The maximum Gasteiger partial charge on any atom is 0.197 e. The van der Waals surface area contributed by atoms with E-state index in [1.807, 2.05) is 12.1 Å². The minimum Gasteiger partial charge on any atom is -0.488 e. The summed E-state index contributed by atoms with van der Waals surface area (Å²) in [6, 6.07) is 19.5. The van der Waals surface area contributed by atoms with Crippen molar-refractivity contribution in [3.63, 3.8) is 0 Å². The summed E-state index contributed by atoms with van der Waals surface area (Å²) >= 11 is 4.95. The number of ether oxygens (including phenoxy) is 2. The van der Waals surface area contributed by atoms with Crippen LogP contribution in [0.5, 0.6) is 5.75 Å². The fourth-order valence-corrected chi connectivity index (χ4v) is 7.16. The lowest BCUT2D eigenvalue weighted by Gasteiger charge is -2.13. The standard InChI is InChI=1S/C34H28BrF2N5O4S2/c35-27-16-24(9-10-31(27)46-19-22-5-3-6-23(36)15-22)41-34-26-17-25(28(37)18-29(26)39-21-40-34)30-20-47-32(42-30)7-4-12-45-13-14-48(43,44)33-8-1-2-11-38-33/h1-3,5-6,8-11,15-18,20-21H,4,7,12-14,19H2,(H,39,40,41). The molecule has 0 radical (unpaired) electrons. The van der Waals surface area contributed by atoms with Gasteiger partial charge in [0, 0.05) is 47.3 Å². The van der Waals surface area contributed by atoms with Crippen LogP contribution in [0, 0.1) is 11.6 Å². The second-order valence-electron chi connectivity index (χ2n) is 10.6. The third-order valence-corrected chi connectivity index (χ3v) is 10.3. The van der Waals surface area contributed by atoms with Crippen molar-refractivity contribution < 1.29 is 26.7 Å². The van der Waals surface area contributed by atoms with Gasteiger partial charge >= 0.3 is 0 Å². The minimum absolute atomic E-state index is 0.0340. The summed E-state index contributed by atoms with van der Waals surface area (Å²) in [5, 5.41) is 6.54. The summed E-state index contributed by atoms with van der Waals surface area (Å²) in [4.78, 5) is 17.2. The van der Waals surface area contributed by atoms with Crippen LogP contribution in [0.15, 0.2) is 100 Å². The average Bonchev–Trinajstić information content (AvgIpc) is 3.55. The summed E-state index contributed by atoms with van der Waals surface area (Å²) in [5.41, 5.74) is 2.66. The number of nitrogens with zero attached hydrogens (tertiary/aromatic N) is 4. The molecule has 0 bridgehead atoms. The third kappa shape index (κ3) is 8.37. The van der Waals surface area contributed by atoms with Crippen molar-refractivity contribution in [2.24, 2.45) is 0 Å². The maximum absolute atomic E-state index is 15.3. The maximum atomic E-state index is 15.3. The molecular formula is C34H28BrF2N5O4S2. The zero-order valence-electron chi connectivity index (χ0n) is 25.3. The predicted octanol–water partition coefficient (Wildman–Crippen LogP) is 7.93. The number of pyridine rings is 1. The summed E-state index contributed by atoms with van der Waals surface area (Å²) in [6.07, 6.45) is 4.04.